The van der Waals surface area contributed by atoms with Gasteiger partial charge in [-0.15, -0.1) is 0 Å². The standard InChI is InChI=1S/C18H22FN3O3/c1-12(2)8-9-22(18(24)14-4-6-15(19)7-5-14)11-17(23)20-16-10-13(3)25-21-16/h4-7,10,12H,8-9,11H2,1-3H3,(H,20,21,23). The van der Waals surface area contributed by atoms with Crippen molar-refractivity contribution in [2.45, 2.75) is 27.2 Å². The maximum absolute atomic E-state index is 13.1. The van der Waals surface area contributed by atoms with Crippen LogP contribution in [0.5, 0.6) is 0 Å². The molecule has 2 amide bonds. The van der Waals surface area contributed by atoms with Crippen LogP contribution in [0.1, 0.15) is 36.4 Å². The summed E-state index contributed by atoms with van der Waals surface area (Å²) >= 11 is 0. The Morgan fingerprint density at radius 2 is 1.96 bits per heavy atom. The van der Waals surface area contributed by atoms with Crippen LogP contribution >= 0.6 is 0 Å². The number of nitrogens with one attached hydrogen (secondary N) is 1. The second-order valence-corrected chi connectivity index (χ2v) is 6.29. The topological polar surface area (TPSA) is 75.4 Å². The number of carbonyl (C=O) groups is 2. The van der Waals surface area contributed by atoms with Crippen LogP contribution in [0.2, 0.25) is 0 Å². The van der Waals surface area contributed by atoms with Crippen LogP contribution in [0.3, 0.4) is 0 Å². The Kier molecular flexibility index (Phi) is 6.27. The van der Waals surface area contributed by atoms with Crippen molar-refractivity contribution in [1.29, 1.82) is 0 Å². The lowest BCUT2D eigenvalue weighted by molar-refractivity contribution is -0.117. The molecule has 1 heterocycles. The second-order valence-electron chi connectivity index (χ2n) is 6.29. The van der Waals surface area contributed by atoms with Crippen molar-refractivity contribution in [2.24, 2.45) is 5.92 Å². The monoisotopic (exact) mass is 347 g/mol. The van der Waals surface area contributed by atoms with E-state index in [-0.39, 0.29) is 18.4 Å². The van der Waals surface area contributed by atoms with Gasteiger partial charge in [0.25, 0.3) is 5.91 Å². The first-order valence-corrected chi connectivity index (χ1v) is 8.13. The van der Waals surface area contributed by atoms with E-state index >= 15 is 0 Å². The molecule has 1 aromatic carbocycles. The van der Waals surface area contributed by atoms with Gasteiger partial charge in [-0.1, -0.05) is 19.0 Å². The molecule has 0 saturated carbocycles. The molecule has 2 rings (SSSR count). The zero-order valence-corrected chi connectivity index (χ0v) is 14.6. The summed E-state index contributed by atoms with van der Waals surface area (Å²) in [6.45, 7) is 6.11. The van der Waals surface area contributed by atoms with Gasteiger partial charge in [0.1, 0.15) is 18.1 Å². The predicted octanol–water partition coefficient (Wildman–Crippen LogP) is 3.25. The van der Waals surface area contributed by atoms with Gasteiger partial charge < -0.3 is 14.7 Å². The molecule has 25 heavy (non-hydrogen) atoms. The number of benzene rings is 1. The summed E-state index contributed by atoms with van der Waals surface area (Å²) in [5.74, 6) is 0.170. The largest absolute Gasteiger partial charge is 0.360 e. The van der Waals surface area contributed by atoms with E-state index in [9.17, 15) is 14.0 Å². The highest BCUT2D eigenvalue weighted by Gasteiger charge is 2.20. The maximum Gasteiger partial charge on any atom is 0.254 e. The molecule has 0 bridgehead atoms. The molecule has 7 heteroatoms. The summed E-state index contributed by atoms with van der Waals surface area (Å²) in [6, 6.07) is 6.88. The highest BCUT2D eigenvalue weighted by atomic mass is 19.1. The summed E-state index contributed by atoms with van der Waals surface area (Å²) < 4.78 is 18.0. The SMILES string of the molecule is Cc1cc(NC(=O)CN(CCC(C)C)C(=O)c2ccc(F)cc2)no1. The first-order valence-electron chi connectivity index (χ1n) is 8.13. The normalized spacial score (nSPS) is 10.8. The third-order valence-corrected chi connectivity index (χ3v) is 3.58. The Labute approximate surface area is 146 Å². The van der Waals surface area contributed by atoms with Gasteiger partial charge in [0.15, 0.2) is 5.82 Å². The minimum absolute atomic E-state index is 0.116. The number of aromatic nitrogens is 1. The fraction of sp³-hybridized carbons (Fsp3) is 0.389. The molecule has 0 radical (unpaired) electrons. The highest BCUT2D eigenvalue weighted by Crippen LogP contribution is 2.11. The first kappa shape index (κ1) is 18.6. The van der Waals surface area contributed by atoms with Crippen LogP contribution in [0.4, 0.5) is 10.2 Å². The van der Waals surface area contributed by atoms with Gasteiger partial charge in [-0.3, -0.25) is 9.59 Å². The van der Waals surface area contributed by atoms with Crippen molar-refractivity contribution >= 4 is 17.6 Å². The molecular formula is C18H22FN3O3. The van der Waals surface area contributed by atoms with Crippen LogP contribution < -0.4 is 5.32 Å². The average Bonchev–Trinajstić information content (AvgIpc) is 2.96. The van der Waals surface area contributed by atoms with Crippen molar-refractivity contribution in [3.05, 3.63) is 47.5 Å². The molecule has 134 valence electrons. The molecule has 2 aromatic rings. The van der Waals surface area contributed by atoms with E-state index in [1.54, 1.807) is 13.0 Å². The number of hydrogen-bond acceptors (Lipinski definition) is 4. The van der Waals surface area contributed by atoms with Crippen molar-refractivity contribution < 1.29 is 18.5 Å². The highest BCUT2D eigenvalue weighted by molar-refractivity contribution is 5.99. The molecule has 0 aliphatic heterocycles. The molecule has 0 aliphatic carbocycles. The molecule has 1 aromatic heterocycles. The molecule has 0 unspecified atom stereocenters. The number of amides is 2. The molecule has 1 N–H and O–H groups in total. The van der Waals surface area contributed by atoms with Gasteiger partial charge in [0.2, 0.25) is 5.91 Å². The number of nitrogens with zero attached hydrogens (tertiary/aromatic N) is 2. The Morgan fingerprint density at radius 3 is 2.52 bits per heavy atom. The number of halogens is 1. The number of carbonyl (C=O) groups excluding carboxylic acids is 2. The summed E-state index contributed by atoms with van der Waals surface area (Å²) in [4.78, 5) is 26.3. The third kappa shape index (κ3) is 5.70. The second kappa shape index (κ2) is 8.41. The average molecular weight is 347 g/mol. The summed E-state index contributed by atoms with van der Waals surface area (Å²) in [5.41, 5.74) is 0.343. The van der Waals surface area contributed by atoms with Gasteiger partial charge >= 0.3 is 0 Å². The van der Waals surface area contributed by atoms with Crippen molar-refractivity contribution in [2.75, 3.05) is 18.4 Å². The van der Waals surface area contributed by atoms with Crippen LogP contribution in [0.15, 0.2) is 34.9 Å². The predicted molar refractivity (Wildman–Crippen MR) is 91.6 cm³/mol. The summed E-state index contributed by atoms with van der Waals surface area (Å²) in [5, 5.41) is 6.30. The summed E-state index contributed by atoms with van der Waals surface area (Å²) in [6.07, 6.45) is 0.753. The molecule has 6 nitrogen and oxygen atoms in total. The van der Waals surface area contributed by atoms with E-state index in [2.05, 4.69) is 10.5 Å². The van der Waals surface area contributed by atoms with E-state index in [4.69, 9.17) is 4.52 Å². The minimum Gasteiger partial charge on any atom is -0.360 e. The number of anilines is 1. The van der Waals surface area contributed by atoms with E-state index in [0.717, 1.165) is 6.42 Å². The van der Waals surface area contributed by atoms with Gasteiger partial charge in [0, 0.05) is 18.2 Å². The summed E-state index contributed by atoms with van der Waals surface area (Å²) in [7, 11) is 0. The smallest absolute Gasteiger partial charge is 0.254 e. The quantitative estimate of drug-likeness (QED) is 0.834. The first-order chi connectivity index (χ1) is 11.8. The van der Waals surface area contributed by atoms with Crippen molar-refractivity contribution in [3.8, 4) is 0 Å². The Hall–Kier alpha value is -2.70. The number of hydrogen-bond donors (Lipinski definition) is 1. The van der Waals surface area contributed by atoms with Crippen molar-refractivity contribution in [1.82, 2.24) is 10.1 Å². The Morgan fingerprint density at radius 1 is 1.28 bits per heavy atom. The third-order valence-electron chi connectivity index (χ3n) is 3.58. The van der Waals surface area contributed by atoms with Crippen LogP contribution in [0, 0.1) is 18.7 Å². The lowest BCUT2D eigenvalue weighted by Crippen LogP contribution is -2.39. The van der Waals surface area contributed by atoms with Crippen molar-refractivity contribution in [3.63, 3.8) is 0 Å². The van der Waals surface area contributed by atoms with Gasteiger partial charge in [0.05, 0.1) is 0 Å². The zero-order valence-electron chi connectivity index (χ0n) is 14.6. The zero-order chi connectivity index (χ0) is 18.4. The fourth-order valence-corrected chi connectivity index (χ4v) is 2.22. The Bertz CT molecular complexity index is 725. The van der Waals surface area contributed by atoms with E-state index < -0.39 is 5.82 Å². The van der Waals surface area contributed by atoms with E-state index in [1.807, 2.05) is 13.8 Å². The van der Waals surface area contributed by atoms with Crippen LogP contribution in [-0.2, 0) is 4.79 Å². The van der Waals surface area contributed by atoms with Gasteiger partial charge in [-0.25, -0.2) is 4.39 Å². The molecule has 0 fully saturated rings. The number of rotatable bonds is 7. The molecule has 0 aliphatic rings. The Balaban J connectivity index is 2.07. The molecule has 0 spiro atoms. The minimum atomic E-state index is -0.413. The maximum atomic E-state index is 13.1. The molecule has 0 atom stereocenters. The van der Waals surface area contributed by atoms with E-state index in [1.165, 1.54) is 29.2 Å². The molecular weight excluding hydrogens is 325 g/mol. The van der Waals surface area contributed by atoms with Gasteiger partial charge in [-0.2, -0.15) is 0 Å². The van der Waals surface area contributed by atoms with E-state index in [0.29, 0.717) is 29.6 Å². The van der Waals surface area contributed by atoms with Gasteiger partial charge in [-0.05, 0) is 43.5 Å². The lowest BCUT2D eigenvalue weighted by atomic mass is 10.1. The number of aryl methyl sites for hydroxylation is 1. The fourth-order valence-electron chi connectivity index (χ4n) is 2.22. The van der Waals surface area contributed by atoms with Crippen LogP contribution in [0.25, 0.3) is 0 Å². The lowest BCUT2D eigenvalue weighted by Gasteiger charge is -2.23. The molecule has 0 saturated heterocycles. The van der Waals surface area contributed by atoms with Crippen LogP contribution in [-0.4, -0.2) is 35.0 Å².